The number of phenolic OH excluding ortho intramolecular Hbond substituents is 1. The molecule has 2 heterocycles. The van der Waals surface area contributed by atoms with Crippen LogP contribution in [0.4, 0.5) is 22.7 Å². The van der Waals surface area contributed by atoms with Crippen molar-refractivity contribution in [3.8, 4) is 11.5 Å². The van der Waals surface area contributed by atoms with Crippen molar-refractivity contribution in [1.29, 1.82) is 0 Å². The van der Waals surface area contributed by atoms with E-state index < -0.39 is 39.7 Å². The van der Waals surface area contributed by atoms with E-state index in [1.807, 2.05) is 0 Å². The number of benzene rings is 3. The fraction of sp³-hybridized carbons (Fsp3) is 0.167. The summed E-state index contributed by atoms with van der Waals surface area (Å²) < 4.78 is 5.21. The van der Waals surface area contributed by atoms with Crippen molar-refractivity contribution >= 4 is 34.6 Å². The van der Waals surface area contributed by atoms with Crippen molar-refractivity contribution in [3.63, 3.8) is 0 Å². The van der Waals surface area contributed by atoms with Crippen LogP contribution in [0.3, 0.4) is 0 Å². The quantitative estimate of drug-likeness (QED) is 0.298. The van der Waals surface area contributed by atoms with Crippen molar-refractivity contribution in [2.75, 3.05) is 17.1 Å². The number of nitro groups is 2. The molecule has 0 spiro atoms. The van der Waals surface area contributed by atoms with Crippen molar-refractivity contribution in [2.45, 2.75) is 12.1 Å². The van der Waals surface area contributed by atoms with Crippen molar-refractivity contribution in [3.05, 3.63) is 92.5 Å². The van der Waals surface area contributed by atoms with Gasteiger partial charge in [0.25, 0.3) is 17.3 Å². The topological polar surface area (TPSA) is 166 Å². The van der Waals surface area contributed by atoms with Gasteiger partial charge >= 0.3 is 0 Å². The number of anilines is 2. The summed E-state index contributed by atoms with van der Waals surface area (Å²) in [5, 5.41) is 33.5. The van der Waals surface area contributed by atoms with Gasteiger partial charge in [0.05, 0.1) is 34.4 Å². The summed E-state index contributed by atoms with van der Waals surface area (Å²) in [7, 11) is 1.36. The molecule has 0 radical (unpaired) electrons. The highest BCUT2D eigenvalue weighted by Gasteiger charge is 2.60. The van der Waals surface area contributed by atoms with Gasteiger partial charge in [-0.05, 0) is 42.0 Å². The summed E-state index contributed by atoms with van der Waals surface area (Å²) in [6.07, 6.45) is -1.23. The number of hydrogen-bond donors (Lipinski definition) is 1. The average molecular weight is 506 g/mol. The highest BCUT2D eigenvalue weighted by atomic mass is 16.7. The monoisotopic (exact) mass is 506 g/mol. The normalized spacial score (nSPS) is 20.7. The zero-order chi connectivity index (χ0) is 26.4. The maximum atomic E-state index is 13.6. The van der Waals surface area contributed by atoms with Gasteiger partial charge in [-0.2, -0.15) is 0 Å². The predicted molar refractivity (Wildman–Crippen MR) is 127 cm³/mol. The first-order chi connectivity index (χ1) is 17.7. The van der Waals surface area contributed by atoms with E-state index in [1.54, 1.807) is 6.07 Å². The lowest BCUT2D eigenvalue weighted by Crippen LogP contribution is -2.37. The molecule has 13 nitrogen and oxygen atoms in total. The average Bonchev–Trinajstić information content (AvgIpc) is 3.40. The third kappa shape index (κ3) is 3.87. The summed E-state index contributed by atoms with van der Waals surface area (Å²) in [5.41, 5.74) is 0.648. The zero-order valence-electron chi connectivity index (χ0n) is 19.1. The molecule has 0 aliphatic carbocycles. The van der Waals surface area contributed by atoms with Crippen LogP contribution in [0.5, 0.6) is 11.5 Å². The Morgan fingerprint density at radius 1 is 0.865 bits per heavy atom. The lowest BCUT2D eigenvalue weighted by atomic mass is 9.90. The van der Waals surface area contributed by atoms with Crippen molar-refractivity contribution < 1.29 is 34.1 Å². The first-order valence-electron chi connectivity index (χ1n) is 10.9. The molecule has 2 fully saturated rings. The fourth-order valence-corrected chi connectivity index (χ4v) is 4.55. The number of nitro benzene ring substituents is 2. The summed E-state index contributed by atoms with van der Waals surface area (Å²) in [6.45, 7) is 0. The Morgan fingerprint density at radius 2 is 1.43 bits per heavy atom. The van der Waals surface area contributed by atoms with Gasteiger partial charge in [0.15, 0.2) is 17.6 Å². The molecule has 2 aliphatic heterocycles. The summed E-state index contributed by atoms with van der Waals surface area (Å²) >= 11 is 0. The number of phenols is 1. The molecule has 3 atom stereocenters. The number of hydrogen-bond acceptors (Lipinski definition) is 10. The molecule has 37 heavy (non-hydrogen) atoms. The number of carbonyl (C=O) groups is 2. The van der Waals surface area contributed by atoms with Crippen LogP contribution in [0.15, 0.2) is 66.7 Å². The van der Waals surface area contributed by atoms with Crippen LogP contribution >= 0.6 is 0 Å². The molecule has 0 saturated carbocycles. The SMILES string of the molecule is COc1cc(C2C3C(=O)N(c4ccc([N+](=O)[O-])cc4)C(=O)C3ON2c2ccc([N+](=O)[O-])cc2)ccc1O. The highest BCUT2D eigenvalue weighted by molar-refractivity contribution is 6.24. The highest BCUT2D eigenvalue weighted by Crippen LogP contribution is 2.48. The standard InChI is InChI=1S/C24H18N4O9/c1-36-19-12-13(2-11-18(19)29)21-20-22(37-26(21)15-5-9-17(10-6-15)28(34)35)24(31)25(23(20)30)14-3-7-16(8-4-14)27(32)33/h2-12,20-22,29H,1H3. The van der Waals surface area contributed by atoms with Gasteiger partial charge in [0, 0.05) is 24.3 Å². The Hall–Kier alpha value is -5.04. The van der Waals surface area contributed by atoms with Gasteiger partial charge in [0.1, 0.15) is 5.92 Å². The van der Waals surface area contributed by atoms with E-state index in [9.17, 15) is 34.9 Å². The Balaban J connectivity index is 1.57. The third-order valence-electron chi connectivity index (χ3n) is 6.29. The smallest absolute Gasteiger partial charge is 0.269 e. The number of methoxy groups -OCH3 is 1. The fourth-order valence-electron chi connectivity index (χ4n) is 4.55. The Morgan fingerprint density at radius 3 is 1.97 bits per heavy atom. The third-order valence-corrected chi connectivity index (χ3v) is 6.29. The number of carbonyl (C=O) groups excluding carboxylic acids is 2. The molecule has 1 N–H and O–H groups in total. The predicted octanol–water partition coefficient (Wildman–Crippen LogP) is 3.27. The molecule has 2 amide bonds. The van der Waals surface area contributed by atoms with Crippen LogP contribution in [-0.2, 0) is 14.4 Å². The molecule has 188 valence electrons. The van der Waals surface area contributed by atoms with Gasteiger partial charge in [-0.25, -0.2) is 9.96 Å². The van der Waals surface area contributed by atoms with Crippen molar-refractivity contribution in [1.82, 2.24) is 0 Å². The largest absolute Gasteiger partial charge is 0.504 e. The maximum Gasteiger partial charge on any atom is 0.269 e. The van der Waals surface area contributed by atoms with E-state index in [0.29, 0.717) is 11.3 Å². The van der Waals surface area contributed by atoms with E-state index in [2.05, 4.69) is 0 Å². The number of amides is 2. The zero-order valence-corrected chi connectivity index (χ0v) is 19.1. The Bertz CT molecular complexity index is 1430. The molecule has 3 aromatic carbocycles. The van der Waals surface area contributed by atoms with Gasteiger partial charge < -0.3 is 9.84 Å². The molecule has 3 aromatic rings. The lowest BCUT2D eigenvalue weighted by Gasteiger charge is -2.29. The minimum Gasteiger partial charge on any atom is -0.504 e. The van der Waals surface area contributed by atoms with Gasteiger partial charge in [-0.1, -0.05) is 6.07 Å². The first-order valence-corrected chi connectivity index (χ1v) is 10.9. The van der Waals surface area contributed by atoms with Crippen LogP contribution in [0, 0.1) is 26.1 Å². The molecule has 3 unspecified atom stereocenters. The van der Waals surface area contributed by atoms with Gasteiger partial charge in [-0.3, -0.25) is 34.7 Å². The van der Waals surface area contributed by atoms with Crippen LogP contribution in [0.25, 0.3) is 0 Å². The summed E-state index contributed by atoms with van der Waals surface area (Å²) in [4.78, 5) is 54.8. The van der Waals surface area contributed by atoms with Crippen molar-refractivity contribution in [2.24, 2.45) is 5.92 Å². The van der Waals surface area contributed by atoms with Crippen LogP contribution in [-0.4, -0.2) is 40.0 Å². The second kappa shape index (κ2) is 8.87. The Labute approximate surface area is 208 Å². The molecule has 0 aromatic heterocycles. The minimum atomic E-state index is -1.23. The number of ether oxygens (including phenoxy) is 1. The van der Waals surface area contributed by atoms with Crippen LogP contribution < -0.4 is 14.7 Å². The number of rotatable bonds is 6. The van der Waals surface area contributed by atoms with E-state index >= 15 is 0 Å². The molecule has 0 bridgehead atoms. The first kappa shape index (κ1) is 23.7. The number of imide groups is 1. The van der Waals surface area contributed by atoms with Gasteiger partial charge in [-0.15, -0.1) is 0 Å². The minimum absolute atomic E-state index is 0.133. The van der Waals surface area contributed by atoms with E-state index in [0.717, 1.165) is 4.90 Å². The summed E-state index contributed by atoms with van der Waals surface area (Å²) in [6, 6.07) is 14.0. The van der Waals surface area contributed by atoms with E-state index in [-0.39, 0.29) is 28.6 Å². The molecular weight excluding hydrogens is 488 g/mol. The van der Waals surface area contributed by atoms with Crippen LogP contribution in [0.2, 0.25) is 0 Å². The molecule has 5 rings (SSSR count). The second-order valence-corrected chi connectivity index (χ2v) is 8.31. The number of nitrogens with zero attached hydrogens (tertiary/aromatic N) is 4. The second-order valence-electron chi connectivity index (χ2n) is 8.31. The molecular formula is C24H18N4O9. The Kier molecular flexibility index (Phi) is 5.68. The van der Waals surface area contributed by atoms with Crippen LogP contribution in [0.1, 0.15) is 11.6 Å². The number of non-ortho nitro benzene ring substituents is 2. The molecule has 2 saturated heterocycles. The number of fused-ring (bicyclic) bond motifs is 1. The molecule has 2 aliphatic rings. The number of hydroxylamine groups is 1. The van der Waals surface area contributed by atoms with E-state index in [1.165, 1.54) is 72.8 Å². The number of aromatic hydroxyl groups is 1. The van der Waals surface area contributed by atoms with E-state index in [4.69, 9.17) is 9.57 Å². The lowest BCUT2D eigenvalue weighted by molar-refractivity contribution is -0.385. The van der Waals surface area contributed by atoms with Gasteiger partial charge in [0.2, 0.25) is 5.91 Å². The maximum absolute atomic E-state index is 13.6. The summed E-state index contributed by atoms with van der Waals surface area (Å²) in [5.74, 6) is -2.29. The molecule has 13 heteroatoms.